The number of carboxylic acids is 1. The summed E-state index contributed by atoms with van der Waals surface area (Å²) in [4.78, 5) is 10.9. The third-order valence-corrected chi connectivity index (χ3v) is 3.56. The maximum absolute atomic E-state index is 10.9. The van der Waals surface area contributed by atoms with Gasteiger partial charge in [-0.05, 0) is 42.3 Å². The van der Waals surface area contributed by atoms with Gasteiger partial charge in [-0.1, -0.05) is 40.9 Å². The molecule has 0 fully saturated rings. The van der Waals surface area contributed by atoms with Crippen LogP contribution in [0.15, 0.2) is 30.3 Å². The Kier molecular flexibility index (Phi) is 4.04. The van der Waals surface area contributed by atoms with E-state index in [4.69, 9.17) is 39.9 Å². The van der Waals surface area contributed by atoms with E-state index in [1.54, 1.807) is 24.3 Å². The Labute approximate surface area is 125 Å². The molecule has 0 aliphatic carbocycles. The van der Waals surface area contributed by atoms with Crippen molar-refractivity contribution < 1.29 is 9.90 Å². The normalized spacial score (nSPS) is 10.5. The first-order chi connectivity index (χ1) is 8.90. The van der Waals surface area contributed by atoms with Crippen molar-refractivity contribution in [1.82, 2.24) is 0 Å². The molecule has 0 bridgehead atoms. The molecule has 0 aromatic heterocycles. The molecule has 1 N–H and O–H groups in total. The van der Waals surface area contributed by atoms with Crippen LogP contribution in [0, 0.1) is 6.92 Å². The van der Waals surface area contributed by atoms with Gasteiger partial charge in [-0.2, -0.15) is 0 Å². The molecule has 5 heteroatoms. The van der Waals surface area contributed by atoms with Crippen LogP contribution in [0.1, 0.15) is 15.9 Å². The Morgan fingerprint density at radius 2 is 1.63 bits per heavy atom. The first kappa shape index (κ1) is 14.2. The summed E-state index contributed by atoms with van der Waals surface area (Å²) in [5, 5.41) is 10.3. The van der Waals surface area contributed by atoms with Gasteiger partial charge < -0.3 is 5.11 Å². The van der Waals surface area contributed by atoms with E-state index < -0.39 is 5.97 Å². The van der Waals surface area contributed by atoms with Crippen molar-refractivity contribution in [3.63, 3.8) is 0 Å². The Hall–Kier alpha value is -1.22. The van der Waals surface area contributed by atoms with Crippen molar-refractivity contribution in [1.29, 1.82) is 0 Å². The van der Waals surface area contributed by atoms with Crippen LogP contribution in [0.4, 0.5) is 0 Å². The molecule has 0 heterocycles. The van der Waals surface area contributed by atoms with Crippen molar-refractivity contribution in [3.05, 3.63) is 56.5 Å². The highest BCUT2D eigenvalue weighted by Gasteiger charge is 2.14. The van der Waals surface area contributed by atoms with Gasteiger partial charge in [-0.3, -0.25) is 0 Å². The Balaban J connectivity index is 2.63. The third-order valence-electron chi connectivity index (χ3n) is 2.75. The Bertz CT molecular complexity index is 643. The predicted molar refractivity (Wildman–Crippen MR) is 78.6 cm³/mol. The van der Waals surface area contributed by atoms with E-state index >= 15 is 0 Å². The number of hydrogen-bond donors (Lipinski definition) is 1. The molecular weight excluding hydrogens is 307 g/mol. The summed E-state index contributed by atoms with van der Waals surface area (Å²) in [6.45, 7) is 1.81. The van der Waals surface area contributed by atoms with Crippen LogP contribution < -0.4 is 0 Å². The first-order valence-electron chi connectivity index (χ1n) is 5.39. The van der Waals surface area contributed by atoms with Gasteiger partial charge in [0.15, 0.2) is 0 Å². The molecule has 0 amide bonds. The second kappa shape index (κ2) is 5.41. The molecule has 0 spiro atoms. The number of aryl methyl sites for hydroxylation is 1. The topological polar surface area (TPSA) is 37.3 Å². The highest BCUT2D eigenvalue weighted by Crippen LogP contribution is 2.38. The molecular formula is C14H9Cl3O2. The summed E-state index contributed by atoms with van der Waals surface area (Å²) in [5.41, 5.74) is 2.45. The predicted octanol–water partition coefficient (Wildman–Crippen LogP) is 5.32. The van der Waals surface area contributed by atoms with E-state index in [9.17, 15) is 4.79 Å². The molecule has 19 heavy (non-hydrogen) atoms. The Morgan fingerprint density at radius 3 is 2.11 bits per heavy atom. The van der Waals surface area contributed by atoms with Gasteiger partial charge in [0.25, 0.3) is 0 Å². The number of carbonyl (C=O) groups is 1. The zero-order chi connectivity index (χ0) is 14.2. The van der Waals surface area contributed by atoms with Crippen molar-refractivity contribution >= 4 is 40.8 Å². The zero-order valence-electron chi connectivity index (χ0n) is 9.88. The van der Waals surface area contributed by atoms with E-state index in [0.717, 1.165) is 11.1 Å². The van der Waals surface area contributed by atoms with Gasteiger partial charge in [-0.15, -0.1) is 0 Å². The van der Waals surface area contributed by atoms with Crippen LogP contribution in [-0.2, 0) is 0 Å². The van der Waals surface area contributed by atoms with Gasteiger partial charge in [-0.25, -0.2) is 4.79 Å². The molecule has 2 rings (SSSR count). The lowest BCUT2D eigenvalue weighted by Gasteiger charge is -2.11. The van der Waals surface area contributed by atoms with Crippen molar-refractivity contribution in [2.75, 3.05) is 0 Å². The number of carboxylic acid groups (broad SMARTS) is 1. The average molecular weight is 316 g/mol. The van der Waals surface area contributed by atoms with Crippen molar-refractivity contribution in [3.8, 4) is 11.1 Å². The molecule has 0 saturated heterocycles. The summed E-state index contributed by atoms with van der Waals surface area (Å²) < 4.78 is 0. The summed E-state index contributed by atoms with van der Waals surface area (Å²) in [5.74, 6) is -0.969. The van der Waals surface area contributed by atoms with Crippen LogP contribution in [0.5, 0.6) is 0 Å². The van der Waals surface area contributed by atoms with Crippen LogP contribution in [0.3, 0.4) is 0 Å². The number of hydrogen-bond acceptors (Lipinski definition) is 1. The number of halogens is 3. The van der Waals surface area contributed by atoms with E-state index in [0.29, 0.717) is 20.6 Å². The highest BCUT2D eigenvalue weighted by molar-refractivity contribution is 6.41. The van der Waals surface area contributed by atoms with Crippen LogP contribution >= 0.6 is 34.8 Å². The minimum atomic E-state index is -0.969. The van der Waals surface area contributed by atoms with Crippen LogP contribution in [0.25, 0.3) is 11.1 Å². The zero-order valence-corrected chi connectivity index (χ0v) is 12.1. The largest absolute Gasteiger partial charge is 0.478 e. The minimum Gasteiger partial charge on any atom is -0.478 e. The van der Waals surface area contributed by atoms with Crippen LogP contribution in [0.2, 0.25) is 15.1 Å². The van der Waals surface area contributed by atoms with Crippen LogP contribution in [-0.4, -0.2) is 11.1 Å². The van der Waals surface area contributed by atoms with E-state index in [1.165, 1.54) is 6.07 Å². The maximum Gasteiger partial charge on any atom is 0.335 e. The first-order valence-corrected chi connectivity index (χ1v) is 6.52. The smallest absolute Gasteiger partial charge is 0.335 e. The lowest BCUT2D eigenvalue weighted by molar-refractivity contribution is 0.0697. The van der Waals surface area contributed by atoms with Gasteiger partial charge in [0.1, 0.15) is 0 Å². The Morgan fingerprint density at radius 1 is 1.05 bits per heavy atom. The number of aromatic carboxylic acids is 1. The molecule has 2 aromatic rings. The quantitative estimate of drug-likeness (QED) is 0.814. The lowest BCUT2D eigenvalue weighted by atomic mass is 9.98. The van der Waals surface area contributed by atoms with Gasteiger partial charge in [0.2, 0.25) is 0 Å². The van der Waals surface area contributed by atoms with Crippen molar-refractivity contribution in [2.24, 2.45) is 0 Å². The fourth-order valence-corrected chi connectivity index (χ4v) is 2.90. The molecule has 98 valence electrons. The molecule has 2 aromatic carbocycles. The van der Waals surface area contributed by atoms with Gasteiger partial charge in [0, 0.05) is 10.6 Å². The van der Waals surface area contributed by atoms with Gasteiger partial charge in [0.05, 0.1) is 15.6 Å². The van der Waals surface area contributed by atoms with E-state index in [2.05, 4.69) is 0 Å². The van der Waals surface area contributed by atoms with E-state index in [1.807, 2.05) is 6.92 Å². The second-order valence-corrected chi connectivity index (χ2v) is 5.33. The monoisotopic (exact) mass is 314 g/mol. The molecule has 0 aliphatic heterocycles. The van der Waals surface area contributed by atoms with Crippen molar-refractivity contribution in [2.45, 2.75) is 6.92 Å². The maximum atomic E-state index is 10.9. The molecule has 2 nitrogen and oxygen atoms in total. The van der Waals surface area contributed by atoms with Gasteiger partial charge >= 0.3 is 5.97 Å². The third kappa shape index (κ3) is 2.86. The summed E-state index contributed by atoms with van der Waals surface area (Å²) in [7, 11) is 0. The van der Waals surface area contributed by atoms with E-state index in [-0.39, 0.29) is 5.56 Å². The minimum absolute atomic E-state index is 0.224. The number of benzene rings is 2. The average Bonchev–Trinajstić information content (AvgIpc) is 2.29. The lowest BCUT2D eigenvalue weighted by Crippen LogP contribution is -1.97. The second-order valence-electron chi connectivity index (χ2n) is 4.08. The summed E-state index contributed by atoms with van der Waals surface area (Å²) in [6, 6.07) is 8.01. The highest BCUT2D eigenvalue weighted by atomic mass is 35.5. The molecule has 0 saturated carbocycles. The SMILES string of the molecule is Cc1cc(C(=O)O)ccc1-c1c(Cl)cc(Cl)cc1Cl. The molecule has 0 atom stereocenters. The molecule has 0 radical (unpaired) electrons. The fraction of sp³-hybridized carbons (Fsp3) is 0.0714. The summed E-state index contributed by atoms with van der Waals surface area (Å²) >= 11 is 18.2. The molecule has 0 aliphatic rings. The standard InChI is InChI=1S/C14H9Cl3O2/c1-7-4-8(14(18)19)2-3-10(7)13-11(16)5-9(15)6-12(13)17/h2-6H,1H3,(H,18,19). The fourth-order valence-electron chi connectivity index (χ4n) is 1.88. The summed E-state index contributed by atoms with van der Waals surface area (Å²) in [6.07, 6.45) is 0. The molecule has 0 unspecified atom stereocenters. The number of rotatable bonds is 2.